The molecule has 0 aromatic carbocycles. The first-order chi connectivity index (χ1) is 18.4. The molecule has 3 unspecified atom stereocenters. The maximum Gasteiger partial charge on any atom is 0.404 e. The molecule has 0 spiro atoms. The number of nitrogens with one attached hydrogen (secondary N) is 1. The van der Waals surface area contributed by atoms with Crippen molar-refractivity contribution in [1.82, 2.24) is 15.3 Å². The minimum Gasteiger partial charge on any atom is -0.477 e. The van der Waals surface area contributed by atoms with Gasteiger partial charge in [-0.1, -0.05) is 0 Å². The highest BCUT2D eigenvalue weighted by Gasteiger charge is 2.67. The predicted octanol–water partition coefficient (Wildman–Crippen LogP) is 0.634. The number of fused-ring (bicyclic) bond motifs is 1. The highest BCUT2D eigenvalue weighted by atomic mass is 32.2. The number of ether oxygens (including phenoxy) is 2. The Morgan fingerprint density at radius 2 is 2.03 bits per heavy atom. The van der Waals surface area contributed by atoms with Crippen LogP contribution >= 0.6 is 11.8 Å². The SMILES string of the molecule is CC(C)(C)OC(=O)C1CCC1N(C(=O)C1(c2ccco2)NO1)[C@@H]1C(=O)N2C(C(=O)O)=C(COC(N)=O)CS[C@H]12. The number of thioether (sulfide) groups is 1. The topological polar surface area (TPSA) is 204 Å². The first kappa shape index (κ1) is 27.0. The average molecular weight is 565 g/mol. The molecule has 3 fully saturated rings. The van der Waals surface area contributed by atoms with Crippen molar-refractivity contribution in [1.29, 1.82) is 0 Å². The quantitative estimate of drug-likeness (QED) is 0.226. The summed E-state index contributed by atoms with van der Waals surface area (Å²) in [5.74, 6) is -3.59. The lowest BCUT2D eigenvalue weighted by Crippen LogP contribution is -2.75. The number of nitrogens with zero attached hydrogens (tertiary/aromatic N) is 2. The van der Waals surface area contributed by atoms with Crippen molar-refractivity contribution in [3.63, 3.8) is 0 Å². The van der Waals surface area contributed by atoms with Gasteiger partial charge in [-0.25, -0.2) is 9.59 Å². The molecule has 4 aliphatic rings. The van der Waals surface area contributed by atoms with E-state index in [-0.39, 0.29) is 22.8 Å². The fourth-order valence-corrected chi connectivity index (χ4v) is 6.39. The number of nitrogens with two attached hydrogens (primary N) is 1. The van der Waals surface area contributed by atoms with Crippen molar-refractivity contribution >= 4 is 41.6 Å². The van der Waals surface area contributed by atoms with Gasteiger partial charge in [0, 0.05) is 17.4 Å². The van der Waals surface area contributed by atoms with Crippen LogP contribution < -0.4 is 11.2 Å². The van der Waals surface area contributed by atoms with Crippen LogP contribution in [-0.4, -0.2) is 80.2 Å². The van der Waals surface area contributed by atoms with Crippen LogP contribution in [0.25, 0.3) is 0 Å². The van der Waals surface area contributed by atoms with Crippen LogP contribution in [0.3, 0.4) is 0 Å². The molecule has 1 aromatic rings. The van der Waals surface area contributed by atoms with Gasteiger partial charge in [0.25, 0.3) is 17.5 Å². The van der Waals surface area contributed by atoms with Gasteiger partial charge in [0.15, 0.2) is 5.76 Å². The number of carboxylic acids is 1. The van der Waals surface area contributed by atoms with Gasteiger partial charge in [-0.15, -0.1) is 11.8 Å². The Kier molecular flexibility index (Phi) is 6.63. The van der Waals surface area contributed by atoms with Crippen molar-refractivity contribution in [2.45, 2.75) is 62.4 Å². The lowest BCUT2D eigenvalue weighted by atomic mass is 9.76. The smallest absolute Gasteiger partial charge is 0.404 e. The van der Waals surface area contributed by atoms with Crippen LogP contribution in [0.15, 0.2) is 34.1 Å². The number of furan rings is 1. The summed E-state index contributed by atoms with van der Waals surface area (Å²) in [6.07, 6.45) is 1.16. The van der Waals surface area contributed by atoms with Gasteiger partial charge in [-0.3, -0.25) is 24.1 Å². The van der Waals surface area contributed by atoms with E-state index in [4.69, 9.17) is 24.5 Å². The maximum atomic E-state index is 14.1. The standard InChI is InChI=1S/C24H28N4O10S/c1-23(2,3)37-20(32)12-6-7-13(12)27(21(33)24(26-38-24)14-5-4-8-35-14)16-17(29)28-15(19(30)31)11(9-36-22(25)34)10-39-18(16)28/h4-5,8,12-13,16,18,26H,6-7,9-10H2,1-3H3,(H2,25,34)(H,30,31)/t12?,13?,16-,18-,24?/m1/s1. The first-order valence-electron chi connectivity index (χ1n) is 12.2. The highest BCUT2D eigenvalue weighted by Crippen LogP contribution is 2.48. The number of rotatable bonds is 8. The summed E-state index contributed by atoms with van der Waals surface area (Å²) in [5.41, 5.74) is 5.03. The fraction of sp³-hybridized carbons (Fsp3) is 0.542. The van der Waals surface area contributed by atoms with Crippen molar-refractivity contribution in [2.75, 3.05) is 12.4 Å². The Bertz CT molecular complexity index is 1250. The van der Waals surface area contributed by atoms with E-state index in [1.165, 1.54) is 22.9 Å². The average Bonchev–Trinajstić information content (AvgIpc) is 3.44. The van der Waals surface area contributed by atoms with E-state index in [2.05, 4.69) is 5.48 Å². The van der Waals surface area contributed by atoms with Gasteiger partial charge in [0.2, 0.25) is 0 Å². The monoisotopic (exact) mass is 564 g/mol. The Labute approximate surface area is 226 Å². The molecule has 39 heavy (non-hydrogen) atoms. The van der Waals surface area contributed by atoms with E-state index in [1.807, 2.05) is 0 Å². The maximum absolute atomic E-state index is 14.1. The van der Waals surface area contributed by atoms with Crippen molar-refractivity contribution in [2.24, 2.45) is 11.7 Å². The number of carbonyl (C=O) groups excluding carboxylic acids is 4. The van der Waals surface area contributed by atoms with Crippen LogP contribution in [0.2, 0.25) is 0 Å². The lowest BCUT2D eigenvalue weighted by molar-refractivity contribution is -0.179. The third-order valence-corrected chi connectivity index (χ3v) is 8.25. The minimum absolute atomic E-state index is 0.111. The number of β-lactam (4-membered cyclic amide) rings is 1. The number of esters is 1. The molecule has 3 amide bonds. The molecule has 1 saturated carbocycles. The number of aliphatic carboxylic acids is 1. The van der Waals surface area contributed by atoms with E-state index < -0.39 is 71.2 Å². The van der Waals surface area contributed by atoms with Gasteiger partial charge in [0.1, 0.15) is 29.3 Å². The van der Waals surface area contributed by atoms with Crippen LogP contribution in [0.5, 0.6) is 0 Å². The van der Waals surface area contributed by atoms with Crippen molar-refractivity contribution in [3.05, 3.63) is 35.4 Å². The predicted molar refractivity (Wildman–Crippen MR) is 131 cm³/mol. The number of primary amides is 1. The summed E-state index contributed by atoms with van der Waals surface area (Å²) in [7, 11) is 0. The molecule has 15 heteroatoms. The van der Waals surface area contributed by atoms with E-state index in [9.17, 15) is 29.1 Å². The van der Waals surface area contributed by atoms with Gasteiger partial charge < -0.3 is 29.6 Å². The first-order valence-corrected chi connectivity index (χ1v) is 13.3. The second-order valence-corrected chi connectivity index (χ2v) is 11.7. The zero-order chi connectivity index (χ0) is 28.3. The molecule has 14 nitrogen and oxygen atoms in total. The largest absolute Gasteiger partial charge is 0.477 e. The summed E-state index contributed by atoms with van der Waals surface area (Å²) >= 11 is 1.21. The third kappa shape index (κ3) is 4.63. The minimum atomic E-state index is -1.68. The number of hydrogen-bond acceptors (Lipinski definition) is 11. The molecule has 2 saturated heterocycles. The third-order valence-electron chi connectivity index (χ3n) is 6.92. The molecule has 1 aromatic heterocycles. The Hall–Kier alpha value is -3.56. The van der Waals surface area contributed by atoms with Gasteiger partial charge >= 0.3 is 18.0 Å². The molecule has 210 valence electrons. The summed E-state index contributed by atoms with van der Waals surface area (Å²) in [5, 5.41) is 9.12. The van der Waals surface area contributed by atoms with Crippen LogP contribution in [0, 0.1) is 5.92 Å². The number of hydroxylamine groups is 1. The Morgan fingerprint density at radius 1 is 1.31 bits per heavy atom. The second-order valence-electron chi connectivity index (χ2n) is 10.6. The molecule has 5 rings (SSSR count). The van der Waals surface area contributed by atoms with Crippen LogP contribution in [0.4, 0.5) is 4.79 Å². The molecule has 0 radical (unpaired) electrons. The molecule has 3 aliphatic heterocycles. The molecule has 0 bridgehead atoms. The summed E-state index contributed by atoms with van der Waals surface area (Å²) in [6, 6.07) is 1.34. The van der Waals surface area contributed by atoms with E-state index in [0.29, 0.717) is 12.8 Å². The number of carboxylic acid groups (broad SMARTS) is 1. The molecule has 4 N–H and O–H groups in total. The van der Waals surface area contributed by atoms with E-state index in [0.717, 1.165) is 4.90 Å². The number of carbonyl (C=O) groups is 5. The molecule has 5 atom stereocenters. The number of hydrogen-bond donors (Lipinski definition) is 3. The van der Waals surface area contributed by atoms with Crippen molar-refractivity contribution in [3.8, 4) is 0 Å². The Morgan fingerprint density at radius 3 is 2.54 bits per heavy atom. The Balaban J connectivity index is 1.47. The fourth-order valence-electron chi connectivity index (χ4n) is 5.01. The summed E-state index contributed by atoms with van der Waals surface area (Å²) in [4.78, 5) is 71.7. The van der Waals surface area contributed by atoms with Gasteiger partial charge in [-0.05, 0) is 45.7 Å². The zero-order valence-electron chi connectivity index (χ0n) is 21.4. The van der Waals surface area contributed by atoms with Crippen LogP contribution in [-0.2, 0) is 39.2 Å². The zero-order valence-corrected chi connectivity index (χ0v) is 22.2. The normalized spacial score (nSPS) is 29.5. The van der Waals surface area contributed by atoms with Crippen LogP contribution in [0.1, 0.15) is 39.4 Å². The van der Waals surface area contributed by atoms with Gasteiger partial charge in [-0.2, -0.15) is 5.48 Å². The summed E-state index contributed by atoms with van der Waals surface area (Å²) in [6.45, 7) is 4.82. The molecular formula is C24H28N4O10S. The van der Waals surface area contributed by atoms with E-state index >= 15 is 0 Å². The van der Waals surface area contributed by atoms with Gasteiger partial charge in [0.05, 0.1) is 12.2 Å². The lowest BCUT2D eigenvalue weighted by Gasteiger charge is -2.56. The summed E-state index contributed by atoms with van der Waals surface area (Å²) < 4.78 is 15.8. The highest BCUT2D eigenvalue weighted by molar-refractivity contribution is 8.00. The second kappa shape index (κ2) is 9.57. The molecule has 1 aliphatic carbocycles. The molecular weight excluding hydrogens is 536 g/mol. The molecule has 4 heterocycles. The van der Waals surface area contributed by atoms with E-state index in [1.54, 1.807) is 32.9 Å². The van der Waals surface area contributed by atoms with Crippen molar-refractivity contribution < 1.29 is 47.8 Å². The number of amides is 3.